The molecule has 1 aromatic heterocycles. The number of hydrogen-bond donors (Lipinski definition) is 0. The molecule has 3 aromatic rings. The van der Waals surface area contributed by atoms with Crippen LogP contribution in [-0.4, -0.2) is 57.2 Å². The minimum Gasteiger partial charge on any atom is -0.459 e. The second kappa shape index (κ2) is 8.64. The highest BCUT2D eigenvalue weighted by atomic mass is 16.5. The predicted molar refractivity (Wildman–Crippen MR) is 107 cm³/mol. The van der Waals surface area contributed by atoms with E-state index in [4.69, 9.17) is 4.74 Å². The zero-order valence-corrected chi connectivity index (χ0v) is 16.9. The molecule has 0 aliphatic rings. The third-order valence-electron chi connectivity index (χ3n) is 4.08. The van der Waals surface area contributed by atoms with Crippen LogP contribution in [0.5, 0.6) is 0 Å². The van der Waals surface area contributed by atoms with Gasteiger partial charge in [-0.05, 0) is 48.9 Å². The van der Waals surface area contributed by atoms with Gasteiger partial charge in [0.15, 0.2) is 0 Å². The first kappa shape index (κ1) is 20.2. The van der Waals surface area contributed by atoms with Crippen LogP contribution in [0.15, 0.2) is 48.5 Å². The molecule has 0 radical (unpaired) electrons. The van der Waals surface area contributed by atoms with E-state index in [0.29, 0.717) is 29.1 Å². The van der Waals surface area contributed by atoms with Gasteiger partial charge in [-0.25, -0.2) is 4.79 Å². The summed E-state index contributed by atoms with van der Waals surface area (Å²) in [5, 5.41) is 12.6. The number of carbonyl (C=O) groups excluding carboxylic acids is 2. The minimum absolute atomic E-state index is 0.0476. The monoisotopic (exact) mass is 393 g/mol. The van der Waals surface area contributed by atoms with E-state index in [-0.39, 0.29) is 18.0 Å². The molecule has 0 saturated carbocycles. The van der Waals surface area contributed by atoms with Gasteiger partial charge < -0.3 is 9.64 Å². The van der Waals surface area contributed by atoms with Crippen LogP contribution in [0.25, 0.3) is 11.4 Å². The molecule has 0 saturated heterocycles. The fraction of sp³-hybridized carbons (Fsp3) is 0.286. The number of benzene rings is 2. The first-order valence-corrected chi connectivity index (χ1v) is 9.23. The lowest BCUT2D eigenvalue weighted by atomic mass is 10.1. The molecule has 0 spiro atoms. The normalized spacial score (nSPS) is 10.8. The average Bonchev–Trinajstić information content (AvgIpc) is 3.16. The third kappa shape index (κ3) is 5.04. The summed E-state index contributed by atoms with van der Waals surface area (Å²) >= 11 is 0. The minimum atomic E-state index is -0.387. The summed E-state index contributed by atoms with van der Waals surface area (Å²) in [6.45, 7) is 4.02. The molecule has 1 amide bonds. The zero-order chi connectivity index (χ0) is 21.0. The zero-order valence-electron chi connectivity index (χ0n) is 16.9. The van der Waals surface area contributed by atoms with Crippen molar-refractivity contribution in [3.05, 3.63) is 65.2 Å². The summed E-state index contributed by atoms with van der Waals surface area (Å²) < 4.78 is 5.22. The molecule has 29 heavy (non-hydrogen) atoms. The van der Waals surface area contributed by atoms with E-state index in [9.17, 15) is 9.59 Å². The molecule has 0 unspecified atom stereocenters. The lowest BCUT2D eigenvalue weighted by molar-refractivity contribution is 0.0378. The Labute approximate surface area is 169 Å². The Morgan fingerprint density at radius 2 is 1.79 bits per heavy atom. The molecule has 0 aliphatic carbocycles. The molecule has 0 N–H and O–H groups in total. The summed E-state index contributed by atoms with van der Waals surface area (Å²) in [6.07, 6.45) is -0.190. The van der Waals surface area contributed by atoms with Gasteiger partial charge in [0.05, 0.1) is 18.2 Å². The number of carbonyl (C=O) groups is 2. The van der Waals surface area contributed by atoms with Crippen molar-refractivity contribution in [3.8, 4) is 11.4 Å². The lowest BCUT2D eigenvalue weighted by Crippen LogP contribution is -2.21. The number of aromatic nitrogens is 4. The van der Waals surface area contributed by atoms with Crippen LogP contribution < -0.4 is 0 Å². The SMILES string of the molecule is CC(C)OC(=O)c1cccc(-c2nnn(Cc3ccc(C(=O)N(C)C)cc3)n2)c1. The number of nitrogens with zero attached hydrogens (tertiary/aromatic N) is 5. The summed E-state index contributed by atoms with van der Waals surface area (Å²) in [6, 6.07) is 14.2. The number of amides is 1. The standard InChI is InChI=1S/C21H23N5O3/c1-14(2)29-21(28)18-7-5-6-17(12-18)19-22-24-26(23-19)13-15-8-10-16(11-9-15)20(27)25(3)4/h5-12,14H,13H2,1-4H3. The smallest absolute Gasteiger partial charge is 0.338 e. The Kier molecular flexibility index (Phi) is 6.01. The van der Waals surface area contributed by atoms with Crippen molar-refractivity contribution in [3.63, 3.8) is 0 Å². The van der Waals surface area contributed by atoms with Crippen molar-refractivity contribution in [2.75, 3.05) is 14.1 Å². The van der Waals surface area contributed by atoms with Crippen LogP contribution in [0.1, 0.15) is 40.1 Å². The fourth-order valence-electron chi connectivity index (χ4n) is 2.67. The average molecular weight is 393 g/mol. The quantitative estimate of drug-likeness (QED) is 0.598. The van der Waals surface area contributed by atoms with Crippen molar-refractivity contribution in [2.45, 2.75) is 26.5 Å². The van der Waals surface area contributed by atoms with Crippen LogP contribution in [-0.2, 0) is 11.3 Å². The van der Waals surface area contributed by atoms with E-state index >= 15 is 0 Å². The van der Waals surface area contributed by atoms with Crippen LogP contribution in [0.3, 0.4) is 0 Å². The van der Waals surface area contributed by atoms with Gasteiger partial charge in [-0.2, -0.15) is 4.80 Å². The van der Waals surface area contributed by atoms with E-state index in [1.807, 2.05) is 18.2 Å². The molecule has 8 nitrogen and oxygen atoms in total. The van der Waals surface area contributed by atoms with Crippen LogP contribution >= 0.6 is 0 Å². The second-order valence-corrected chi connectivity index (χ2v) is 7.07. The predicted octanol–water partition coefficient (Wildman–Crippen LogP) is 2.66. The number of ether oxygens (including phenoxy) is 1. The number of esters is 1. The van der Waals surface area contributed by atoms with Crippen LogP contribution in [0.4, 0.5) is 0 Å². The topological polar surface area (TPSA) is 90.2 Å². The van der Waals surface area contributed by atoms with E-state index in [0.717, 1.165) is 5.56 Å². The van der Waals surface area contributed by atoms with Gasteiger partial charge in [0.25, 0.3) is 5.91 Å². The highest BCUT2D eigenvalue weighted by Gasteiger charge is 2.13. The molecule has 0 fully saturated rings. The van der Waals surface area contributed by atoms with Crippen molar-refractivity contribution >= 4 is 11.9 Å². The fourth-order valence-corrected chi connectivity index (χ4v) is 2.67. The van der Waals surface area contributed by atoms with Gasteiger partial charge >= 0.3 is 5.97 Å². The second-order valence-electron chi connectivity index (χ2n) is 7.07. The molecular weight excluding hydrogens is 370 g/mol. The van der Waals surface area contributed by atoms with Crippen LogP contribution in [0, 0.1) is 0 Å². The summed E-state index contributed by atoms with van der Waals surface area (Å²) in [5.41, 5.74) is 2.68. The van der Waals surface area contributed by atoms with Gasteiger partial charge in [0.1, 0.15) is 0 Å². The maximum Gasteiger partial charge on any atom is 0.338 e. The maximum absolute atomic E-state index is 12.1. The Morgan fingerprint density at radius 1 is 1.07 bits per heavy atom. The van der Waals surface area contributed by atoms with Gasteiger partial charge in [-0.15, -0.1) is 10.2 Å². The maximum atomic E-state index is 12.1. The Morgan fingerprint density at radius 3 is 2.45 bits per heavy atom. The molecule has 150 valence electrons. The third-order valence-corrected chi connectivity index (χ3v) is 4.08. The first-order valence-electron chi connectivity index (χ1n) is 9.23. The molecule has 0 aliphatic heterocycles. The highest BCUT2D eigenvalue weighted by molar-refractivity contribution is 5.93. The van der Waals surface area contributed by atoms with Gasteiger partial charge in [-0.1, -0.05) is 24.3 Å². The molecule has 0 bridgehead atoms. The van der Waals surface area contributed by atoms with Gasteiger partial charge in [0, 0.05) is 25.2 Å². The van der Waals surface area contributed by atoms with Crippen molar-refractivity contribution in [2.24, 2.45) is 0 Å². The molecular formula is C21H23N5O3. The Bertz CT molecular complexity index is 1010. The van der Waals surface area contributed by atoms with Crippen molar-refractivity contribution in [1.29, 1.82) is 0 Å². The van der Waals surface area contributed by atoms with E-state index in [2.05, 4.69) is 15.4 Å². The summed E-state index contributed by atoms with van der Waals surface area (Å²) in [4.78, 5) is 27.1. The largest absolute Gasteiger partial charge is 0.459 e. The van der Waals surface area contributed by atoms with Crippen molar-refractivity contribution in [1.82, 2.24) is 25.1 Å². The number of hydrogen-bond acceptors (Lipinski definition) is 6. The summed E-state index contributed by atoms with van der Waals surface area (Å²) in [5.74, 6) is -0.0150. The summed E-state index contributed by atoms with van der Waals surface area (Å²) in [7, 11) is 3.43. The van der Waals surface area contributed by atoms with Gasteiger partial charge in [0.2, 0.25) is 5.82 Å². The Hall–Kier alpha value is -3.55. The molecule has 1 heterocycles. The molecule has 8 heteroatoms. The van der Waals surface area contributed by atoms with Crippen molar-refractivity contribution < 1.29 is 14.3 Å². The number of rotatable bonds is 6. The molecule has 3 rings (SSSR count). The van der Waals surface area contributed by atoms with E-state index in [1.165, 1.54) is 9.70 Å². The van der Waals surface area contributed by atoms with E-state index in [1.54, 1.807) is 58.3 Å². The van der Waals surface area contributed by atoms with Gasteiger partial charge in [-0.3, -0.25) is 4.79 Å². The van der Waals surface area contributed by atoms with Crippen LogP contribution in [0.2, 0.25) is 0 Å². The highest BCUT2D eigenvalue weighted by Crippen LogP contribution is 2.17. The molecule has 2 aromatic carbocycles. The first-order chi connectivity index (χ1) is 13.8. The lowest BCUT2D eigenvalue weighted by Gasteiger charge is -2.10. The van der Waals surface area contributed by atoms with E-state index < -0.39 is 0 Å². The molecule has 0 atom stereocenters. The number of tetrazole rings is 1. The Balaban J connectivity index is 1.73.